The number of hydrogen-bond acceptors (Lipinski definition) is 6. The molecule has 0 saturated carbocycles. The van der Waals surface area contributed by atoms with Crippen molar-refractivity contribution in [2.75, 3.05) is 19.8 Å². The first-order valence-corrected chi connectivity index (χ1v) is 14.7. The standard InChI is InChI=1S/C36H36FN3O4/c37-31-18-14-28(15-19-31)22-24-38-40-35(42)36(23-7-11-27-9-3-1-4-10-27)33(29-12-5-2-6-13-29)44-34(39-36)30-16-20-32(21-17-30)43-26-8-25-41/h1-7,9-21,33,38,41H,8,22-26H2,(H,40,42)/b11-7+/t33-,36-/m0/s1. The molecule has 1 amide bonds. The molecule has 8 heteroatoms. The molecule has 1 aliphatic heterocycles. The minimum Gasteiger partial charge on any atom is -0.494 e. The van der Waals surface area contributed by atoms with Gasteiger partial charge < -0.3 is 14.6 Å². The van der Waals surface area contributed by atoms with Gasteiger partial charge in [0.25, 0.3) is 5.91 Å². The molecule has 5 rings (SSSR count). The zero-order chi connectivity index (χ0) is 30.6. The zero-order valence-corrected chi connectivity index (χ0v) is 24.4. The number of rotatable bonds is 14. The number of hydrazine groups is 1. The highest BCUT2D eigenvalue weighted by Crippen LogP contribution is 2.42. The predicted molar refractivity (Wildman–Crippen MR) is 170 cm³/mol. The lowest BCUT2D eigenvalue weighted by Crippen LogP contribution is -2.52. The number of aliphatic imine (C=N–C) groups is 1. The van der Waals surface area contributed by atoms with Crippen molar-refractivity contribution in [1.82, 2.24) is 10.9 Å². The third-order valence-electron chi connectivity index (χ3n) is 7.33. The van der Waals surface area contributed by atoms with Crippen LogP contribution in [0.3, 0.4) is 0 Å². The van der Waals surface area contributed by atoms with Crippen molar-refractivity contribution in [3.05, 3.63) is 143 Å². The Morgan fingerprint density at radius 1 is 0.955 bits per heavy atom. The molecule has 226 valence electrons. The molecule has 44 heavy (non-hydrogen) atoms. The Bertz CT molecular complexity index is 1540. The van der Waals surface area contributed by atoms with Crippen molar-refractivity contribution >= 4 is 17.9 Å². The van der Waals surface area contributed by atoms with Gasteiger partial charge in [-0.1, -0.05) is 84.9 Å². The molecule has 4 aromatic rings. The van der Waals surface area contributed by atoms with Gasteiger partial charge in [0.2, 0.25) is 5.90 Å². The van der Waals surface area contributed by atoms with E-state index in [9.17, 15) is 9.18 Å². The molecule has 7 nitrogen and oxygen atoms in total. The highest BCUT2D eigenvalue weighted by atomic mass is 19.1. The fourth-order valence-electron chi connectivity index (χ4n) is 4.99. The molecule has 0 aliphatic carbocycles. The van der Waals surface area contributed by atoms with Crippen molar-refractivity contribution < 1.29 is 23.8 Å². The van der Waals surface area contributed by atoms with Gasteiger partial charge in [-0.05, 0) is 59.5 Å². The first-order chi connectivity index (χ1) is 21.6. The van der Waals surface area contributed by atoms with Crippen LogP contribution in [0, 0.1) is 5.82 Å². The SMILES string of the molecule is O=C(NNCCc1ccc(F)cc1)[C@@]1(C/C=C/c2ccccc2)N=C(c2ccc(OCCCO)cc2)O[C@H]1c1ccccc1. The summed E-state index contributed by atoms with van der Waals surface area (Å²) in [6.45, 7) is 0.917. The van der Waals surface area contributed by atoms with Crippen molar-refractivity contribution in [2.45, 2.75) is 30.9 Å². The largest absolute Gasteiger partial charge is 0.494 e. The summed E-state index contributed by atoms with van der Waals surface area (Å²) in [5.41, 5.74) is 8.10. The third-order valence-corrected chi connectivity index (χ3v) is 7.33. The van der Waals surface area contributed by atoms with E-state index in [4.69, 9.17) is 19.6 Å². The van der Waals surface area contributed by atoms with Crippen LogP contribution in [0.25, 0.3) is 6.08 Å². The monoisotopic (exact) mass is 593 g/mol. The van der Waals surface area contributed by atoms with Gasteiger partial charge in [0.1, 0.15) is 11.6 Å². The molecule has 0 saturated heterocycles. The molecule has 1 aliphatic rings. The fourth-order valence-corrected chi connectivity index (χ4v) is 4.99. The van der Waals surface area contributed by atoms with Gasteiger partial charge in [0.05, 0.1) is 6.61 Å². The first kappa shape index (κ1) is 30.7. The van der Waals surface area contributed by atoms with E-state index in [1.54, 1.807) is 12.1 Å². The Balaban J connectivity index is 1.43. The maximum Gasteiger partial charge on any atom is 0.266 e. The highest BCUT2D eigenvalue weighted by molar-refractivity contribution is 6.01. The summed E-state index contributed by atoms with van der Waals surface area (Å²) < 4.78 is 25.5. The smallest absolute Gasteiger partial charge is 0.266 e. The van der Waals surface area contributed by atoms with Crippen molar-refractivity contribution in [1.29, 1.82) is 0 Å². The minimum absolute atomic E-state index is 0.0631. The topological polar surface area (TPSA) is 92.2 Å². The summed E-state index contributed by atoms with van der Waals surface area (Å²) in [6.07, 6.45) is 4.66. The van der Waals surface area contributed by atoms with E-state index in [2.05, 4.69) is 10.9 Å². The number of aliphatic hydroxyl groups excluding tert-OH is 1. The van der Waals surface area contributed by atoms with Gasteiger partial charge in [-0.3, -0.25) is 10.2 Å². The van der Waals surface area contributed by atoms with Gasteiger partial charge >= 0.3 is 0 Å². The van der Waals surface area contributed by atoms with Crippen LogP contribution in [0.15, 0.2) is 120 Å². The van der Waals surface area contributed by atoms with Crippen LogP contribution in [0.1, 0.15) is 41.2 Å². The van der Waals surface area contributed by atoms with E-state index >= 15 is 0 Å². The van der Waals surface area contributed by atoms with E-state index < -0.39 is 11.6 Å². The Hall–Kier alpha value is -4.79. The third kappa shape index (κ3) is 7.78. The van der Waals surface area contributed by atoms with Crippen LogP contribution in [0.5, 0.6) is 5.75 Å². The van der Waals surface area contributed by atoms with Crippen LogP contribution in [0.4, 0.5) is 4.39 Å². The minimum atomic E-state index is -1.32. The maximum absolute atomic E-state index is 14.1. The van der Waals surface area contributed by atoms with Crippen LogP contribution < -0.4 is 15.6 Å². The molecule has 2 atom stereocenters. The molecule has 0 aromatic heterocycles. The molecule has 4 aromatic carbocycles. The van der Waals surface area contributed by atoms with Crippen molar-refractivity contribution in [3.63, 3.8) is 0 Å². The molecule has 1 heterocycles. The Labute approximate surface area is 257 Å². The number of carbonyl (C=O) groups is 1. The number of aliphatic hydroxyl groups is 1. The van der Waals surface area contributed by atoms with Crippen molar-refractivity contribution in [3.8, 4) is 5.75 Å². The number of nitrogens with zero attached hydrogens (tertiary/aromatic N) is 1. The second-order valence-corrected chi connectivity index (χ2v) is 10.5. The first-order valence-electron chi connectivity index (χ1n) is 14.7. The lowest BCUT2D eigenvalue weighted by molar-refractivity contribution is -0.129. The summed E-state index contributed by atoms with van der Waals surface area (Å²) in [5, 5.41) is 9.03. The van der Waals surface area contributed by atoms with Crippen LogP contribution in [0.2, 0.25) is 0 Å². The molecular formula is C36H36FN3O4. The van der Waals surface area contributed by atoms with E-state index in [0.29, 0.717) is 43.2 Å². The molecular weight excluding hydrogens is 557 g/mol. The quantitative estimate of drug-likeness (QED) is 0.127. The average molecular weight is 594 g/mol. The van der Waals surface area contributed by atoms with Crippen molar-refractivity contribution in [2.24, 2.45) is 4.99 Å². The molecule has 3 N–H and O–H groups in total. The Kier molecular flexibility index (Phi) is 10.5. The number of nitrogens with one attached hydrogen (secondary N) is 2. The highest BCUT2D eigenvalue weighted by Gasteiger charge is 2.52. The van der Waals surface area contributed by atoms with Crippen LogP contribution in [-0.4, -0.2) is 42.2 Å². The van der Waals surface area contributed by atoms with Crippen LogP contribution >= 0.6 is 0 Å². The Morgan fingerprint density at radius 3 is 2.36 bits per heavy atom. The van der Waals surface area contributed by atoms with Gasteiger partial charge in [-0.25, -0.2) is 14.8 Å². The molecule has 0 spiro atoms. The Morgan fingerprint density at radius 2 is 1.66 bits per heavy atom. The lowest BCUT2D eigenvalue weighted by Gasteiger charge is -2.29. The molecule has 0 unspecified atom stereocenters. The maximum atomic E-state index is 14.1. The van der Waals surface area contributed by atoms with E-state index in [1.165, 1.54) is 12.1 Å². The van der Waals surface area contributed by atoms with E-state index in [0.717, 1.165) is 16.7 Å². The van der Waals surface area contributed by atoms with E-state index in [-0.39, 0.29) is 24.8 Å². The summed E-state index contributed by atoms with van der Waals surface area (Å²) in [5.74, 6) is 0.407. The molecule has 0 bridgehead atoms. The number of ether oxygens (including phenoxy) is 2. The predicted octanol–water partition coefficient (Wildman–Crippen LogP) is 5.81. The molecule has 0 radical (unpaired) electrons. The number of halogens is 1. The number of carbonyl (C=O) groups excluding carboxylic acids is 1. The van der Waals surface area contributed by atoms with Gasteiger partial charge in [-0.2, -0.15) is 0 Å². The summed E-state index contributed by atoms with van der Waals surface area (Å²) >= 11 is 0. The van der Waals surface area contributed by atoms with Gasteiger partial charge in [0.15, 0.2) is 11.6 Å². The van der Waals surface area contributed by atoms with Crippen LogP contribution in [-0.2, 0) is 16.0 Å². The normalized spacial score (nSPS) is 17.7. The molecule has 0 fully saturated rings. The number of benzene rings is 4. The summed E-state index contributed by atoms with van der Waals surface area (Å²) in [4.78, 5) is 19.1. The second kappa shape index (κ2) is 15.1. The second-order valence-electron chi connectivity index (χ2n) is 10.5. The zero-order valence-electron chi connectivity index (χ0n) is 24.4. The average Bonchev–Trinajstić information content (AvgIpc) is 3.46. The summed E-state index contributed by atoms with van der Waals surface area (Å²) in [6, 6.07) is 33.2. The number of hydrogen-bond donors (Lipinski definition) is 3. The summed E-state index contributed by atoms with van der Waals surface area (Å²) in [7, 11) is 0. The fraction of sp³-hybridized carbons (Fsp3) is 0.222. The lowest BCUT2D eigenvalue weighted by atomic mass is 9.84. The van der Waals surface area contributed by atoms with Gasteiger partial charge in [0, 0.05) is 31.6 Å². The van der Waals surface area contributed by atoms with Gasteiger partial charge in [-0.15, -0.1) is 0 Å². The number of amides is 1. The van der Waals surface area contributed by atoms with E-state index in [1.807, 2.05) is 97.1 Å².